The maximum atomic E-state index is 13.5. The van der Waals surface area contributed by atoms with Gasteiger partial charge in [-0.05, 0) is 48.9 Å². The van der Waals surface area contributed by atoms with Crippen LogP contribution in [0.4, 0.5) is 15.8 Å². The van der Waals surface area contributed by atoms with Crippen LogP contribution >= 0.6 is 11.6 Å². The highest BCUT2D eigenvalue weighted by molar-refractivity contribution is 7.92. The summed E-state index contributed by atoms with van der Waals surface area (Å²) in [6.07, 6.45) is 6.90. The SMILES string of the molecule is Cc1ccnc(OCc2cncc(F)c2)c1-c1cc(C(=O)Nc2cc(Cl)cc(NS(C)(=O)=O)c2)cn1C. The second-order valence-corrected chi connectivity index (χ2v) is 10.6. The number of carbonyl (C=O) groups is 1. The number of aromatic nitrogens is 3. The van der Waals surface area contributed by atoms with E-state index in [1.807, 2.05) is 13.0 Å². The average molecular weight is 544 g/mol. The number of nitrogens with one attached hydrogen (secondary N) is 2. The van der Waals surface area contributed by atoms with Gasteiger partial charge in [-0.3, -0.25) is 14.5 Å². The number of pyridine rings is 2. The molecule has 0 aliphatic heterocycles. The predicted octanol–water partition coefficient (Wildman–Crippen LogP) is 4.79. The number of amides is 1. The standard InChI is InChI=1S/C25H23ClFN5O4S/c1-15-4-5-29-25(36-14-16-6-19(27)12-28-11-16)23(15)22-7-17(13-32(22)2)24(33)30-20-8-18(26)9-21(10-20)31-37(3,34)35/h4-13,31H,14H2,1-3H3,(H,30,33). The van der Waals surface area contributed by atoms with Crippen LogP contribution in [0.2, 0.25) is 5.02 Å². The van der Waals surface area contributed by atoms with Gasteiger partial charge in [-0.15, -0.1) is 0 Å². The third-order valence-electron chi connectivity index (χ3n) is 5.24. The molecule has 0 unspecified atom stereocenters. The Kier molecular flexibility index (Phi) is 7.46. The molecule has 0 fully saturated rings. The summed E-state index contributed by atoms with van der Waals surface area (Å²) < 4.78 is 46.6. The van der Waals surface area contributed by atoms with Gasteiger partial charge in [0, 0.05) is 41.9 Å². The van der Waals surface area contributed by atoms with E-state index in [0.717, 1.165) is 18.0 Å². The maximum Gasteiger partial charge on any atom is 0.257 e. The first-order valence-electron chi connectivity index (χ1n) is 10.9. The van der Waals surface area contributed by atoms with Crippen molar-refractivity contribution in [3.63, 3.8) is 0 Å². The minimum Gasteiger partial charge on any atom is -0.472 e. The van der Waals surface area contributed by atoms with Crippen molar-refractivity contribution in [2.75, 3.05) is 16.3 Å². The first kappa shape index (κ1) is 26.1. The van der Waals surface area contributed by atoms with Crippen LogP contribution in [0.3, 0.4) is 0 Å². The highest BCUT2D eigenvalue weighted by atomic mass is 35.5. The van der Waals surface area contributed by atoms with E-state index >= 15 is 0 Å². The largest absolute Gasteiger partial charge is 0.472 e. The summed E-state index contributed by atoms with van der Waals surface area (Å²) in [6.45, 7) is 1.95. The molecule has 2 N–H and O–H groups in total. The van der Waals surface area contributed by atoms with Gasteiger partial charge in [0.05, 0.1) is 35.0 Å². The number of carbonyl (C=O) groups excluding carboxylic acids is 1. The number of hydrogen-bond donors (Lipinski definition) is 2. The molecule has 12 heteroatoms. The Labute approximate surface area is 218 Å². The Hall–Kier alpha value is -3.96. The van der Waals surface area contributed by atoms with Crippen molar-refractivity contribution in [1.82, 2.24) is 14.5 Å². The molecule has 0 saturated heterocycles. The summed E-state index contributed by atoms with van der Waals surface area (Å²) in [5.74, 6) is -0.566. The van der Waals surface area contributed by atoms with Gasteiger partial charge in [-0.1, -0.05) is 11.6 Å². The fraction of sp³-hybridized carbons (Fsp3) is 0.160. The van der Waals surface area contributed by atoms with E-state index < -0.39 is 21.7 Å². The van der Waals surface area contributed by atoms with Crippen LogP contribution in [-0.2, 0) is 23.7 Å². The highest BCUT2D eigenvalue weighted by Gasteiger charge is 2.19. The average Bonchev–Trinajstić information content (AvgIpc) is 3.17. The lowest BCUT2D eigenvalue weighted by atomic mass is 10.1. The Morgan fingerprint density at radius 2 is 1.92 bits per heavy atom. The molecule has 3 aromatic heterocycles. The molecule has 0 radical (unpaired) electrons. The number of hydrogen-bond acceptors (Lipinski definition) is 6. The van der Waals surface area contributed by atoms with E-state index in [9.17, 15) is 17.6 Å². The van der Waals surface area contributed by atoms with Crippen LogP contribution in [0.15, 0.2) is 61.2 Å². The van der Waals surface area contributed by atoms with Crippen molar-refractivity contribution in [2.45, 2.75) is 13.5 Å². The summed E-state index contributed by atoms with van der Waals surface area (Å²) in [7, 11) is -1.74. The zero-order valence-electron chi connectivity index (χ0n) is 20.1. The number of ether oxygens (including phenoxy) is 1. The van der Waals surface area contributed by atoms with Crippen molar-refractivity contribution in [3.05, 3.63) is 88.7 Å². The molecule has 0 bridgehead atoms. The molecule has 1 aromatic carbocycles. The first-order chi connectivity index (χ1) is 17.5. The van der Waals surface area contributed by atoms with Gasteiger partial charge >= 0.3 is 0 Å². The molecule has 1 amide bonds. The molecule has 0 saturated carbocycles. The highest BCUT2D eigenvalue weighted by Crippen LogP contribution is 2.33. The molecule has 192 valence electrons. The van der Waals surface area contributed by atoms with E-state index in [0.29, 0.717) is 34.0 Å². The van der Waals surface area contributed by atoms with Crippen LogP contribution in [0.25, 0.3) is 11.3 Å². The quantitative estimate of drug-likeness (QED) is 0.330. The Bertz CT molecular complexity index is 1590. The van der Waals surface area contributed by atoms with E-state index in [2.05, 4.69) is 20.0 Å². The molecule has 3 heterocycles. The predicted molar refractivity (Wildman–Crippen MR) is 140 cm³/mol. The Morgan fingerprint density at radius 1 is 1.16 bits per heavy atom. The van der Waals surface area contributed by atoms with Crippen molar-refractivity contribution >= 4 is 38.9 Å². The molecular weight excluding hydrogens is 521 g/mol. The zero-order valence-corrected chi connectivity index (χ0v) is 21.7. The Morgan fingerprint density at radius 3 is 2.65 bits per heavy atom. The third-order valence-corrected chi connectivity index (χ3v) is 6.07. The number of rotatable bonds is 8. The van der Waals surface area contributed by atoms with Crippen molar-refractivity contribution in [3.8, 4) is 17.1 Å². The minimum absolute atomic E-state index is 0.0601. The maximum absolute atomic E-state index is 13.5. The van der Waals surface area contributed by atoms with Gasteiger partial charge in [0.1, 0.15) is 12.4 Å². The number of anilines is 2. The summed E-state index contributed by atoms with van der Waals surface area (Å²) in [4.78, 5) is 21.2. The molecule has 0 atom stereocenters. The van der Waals surface area contributed by atoms with Crippen LogP contribution in [0.5, 0.6) is 5.88 Å². The normalized spacial score (nSPS) is 11.3. The summed E-state index contributed by atoms with van der Waals surface area (Å²) in [6, 6.07) is 9.26. The number of nitrogens with zero attached hydrogens (tertiary/aromatic N) is 3. The van der Waals surface area contributed by atoms with E-state index in [1.165, 1.54) is 30.5 Å². The molecule has 37 heavy (non-hydrogen) atoms. The fourth-order valence-corrected chi connectivity index (χ4v) is 4.50. The second kappa shape index (κ2) is 10.6. The molecule has 4 aromatic rings. The monoisotopic (exact) mass is 543 g/mol. The molecule has 9 nitrogen and oxygen atoms in total. The fourth-order valence-electron chi connectivity index (χ4n) is 3.72. The van der Waals surface area contributed by atoms with Crippen LogP contribution in [0, 0.1) is 12.7 Å². The van der Waals surface area contributed by atoms with E-state index in [-0.39, 0.29) is 17.3 Å². The molecule has 0 spiro atoms. The number of halogens is 2. The minimum atomic E-state index is -3.52. The lowest BCUT2D eigenvalue weighted by Gasteiger charge is -2.13. The van der Waals surface area contributed by atoms with Crippen molar-refractivity contribution in [2.24, 2.45) is 7.05 Å². The van der Waals surface area contributed by atoms with Gasteiger partial charge < -0.3 is 14.6 Å². The van der Waals surface area contributed by atoms with Gasteiger partial charge in [-0.2, -0.15) is 0 Å². The summed E-state index contributed by atoms with van der Waals surface area (Å²) in [5.41, 5.74) is 3.65. The van der Waals surface area contributed by atoms with Crippen LogP contribution in [0.1, 0.15) is 21.5 Å². The third kappa shape index (κ3) is 6.63. The summed E-state index contributed by atoms with van der Waals surface area (Å²) >= 11 is 6.10. The lowest BCUT2D eigenvalue weighted by Crippen LogP contribution is -2.13. The molecular formula is C25H23ClFN5O4S. The van der Waals surface area contributed by atoms with Crippen molar-refractivity contribution in [1.29, 1.82) is 0 Å². The van der Waals surface area contributed by atoms with Gasteiger partial charge in [0.25, 0.3) is 5.91 Å². The van der Waals surface area contributed by atoms with Gasteiger partial charge in [0.2, 0.25) is 15.9 Å². The smallest absolute Gasteiger partial charge is 0.257 e. The molecule has 0 aliphatic rings. The number of benzene rings is 1. The van der Waals surface area contributed by atoms with Crippen LogP contribution < -0.4 is 14.8 Å². The van der Waals surface area contributed by atoms with Crippen LogP contribution in [-0.4, -0.2) is 35.1 Å². The molecule has 4 rings (SSSR count). The summed E-state index contributed by atoms with van der Waals surface area (Å²) in [5, 5.41) is 2.99. The van der Waals surface area contributed by atoms with Crippen molar-refractivity contribution < 1.29 is 22.3 Å². The second-order valence-electron chi connectivity index (χ2n) is 8.39. The zero-order chi connectivity index (χ0) is 26.7. The van der Waals surface area contributed by atoms with Gasteiger partial charge in [-0.25, -0.2) is 17.8 Å². The number of aryl methyl sites for hydroxylation is 2. The topological polar surface area (TPSA) is 115 Å². The van der Waals surface area contributed by atoms with Gasteiger partial charge in [0.15, 0.2) is 0 Å². The lowest BCUT2D eigenvalue weighted by molar-refractivity contribution is 0.102. The molecule has 0 aliphatic carbocycles. The number of sulfonamides is 1. The van der Waals surface area contributed by atoms with E-state index in [1.54, 1.807) is 30.1 Å². The Balaban J connectivity index is 1.59. The van der Waals surface area contributed by atoms with E-state index in [4.69, 9.17) is 16.3 Å². The first-order valence-corrected chi connectivity index (χ1v) is 13.2.